The Hall–Kier alpha value is -0.570. The lowest BCUT2D eigenvalue weighted by molar-refractivity contribution is -0.142. The van der Waals surface area contributed by atoms with Crippen molar-refractivity contribution in [3.63, 3.8) is 0 Å². The van der Waals surface area contributed by atoms with Gasteiger partial charge in [0.25, 0.3) is 0 Å². The number of carboxylic acids is 1. The van der Waals surface area contributed by atoms with Gasteiger partial charge < -0.3 is 10.0 Å². The number of nitrogens with zero attached hydrogens (tertiary/aromatic N) is 1. The van der Waals surface area contributed by atoms with Gasteiger partial charge in [-0.05, 0) is 32.4 Å². The largest absolute Gasteiger partial charge is 0.481 e. The molecule has 0 aromatic carbocycles. The summed E-state index contributed by atoms with van der Waals surface area (Å²) in [5, 5.41) is 8.93. The van der Waals surface area contributed by atoms with Gasteiger partial charge in [-0.3, -0.25) is 4.79 Å². The number of rotatable bonds is 7. The molecule has 0 spiro atoms. The van der Waals surface area contributed by atoms with Crippen LogP contribution in [0.3, 0.4) is 0 Å². The number of carboxylic acid groups (broad SMARTS) is 1. The summed E-state index contributed by atoms with van der Waals surface area (Å²) < 4.78 is 0. The molecule has 1 saturated carbocycles. The van der Waals surface area contributed by atoms with Gasteiger partial charge in [-0.15, -0.1) is 0 Å². The second kappa shape index (κ2) is 6.11. The summed E-state index contributed by atoms with van der Waals surface area (Å²) in [6, 6.07) is 0. The highest BCUT2D eigenvalue weighted by Crippen LogP contribution is 2.29. The zero-order valence-electron chi connectivity index (χ0n) is 9.91. The molecule has 1 aliphatic rings. The SMILES string of the molecule is CCC(CN(C)CCC1CCC1)C(=O)O. The van der Waals surface area contributed by atoms with Gasteiger partial charge in [0.15, 0.2) is 0 Å². The van der Waals surface area contributed by atoms with Gasteiger partial charge in [0.1, 0.15) is 0 Å². The number of aliphatic carboxylic acids is 1. The fourth-order valence-electron chi connectivity index (χ4n) is 2.03. The normalized spacial score (nSPS) is 18.9. The summed E-state index contributed by atoms with van der Waals surface area (Å²) in [6.07, 6.45) is 6.12. The van der Waals surface area contributed by atoms with E-state index in [4.69, 9.17) is 5.11 Å². The van der Waals surface area contributed by atoms with Crippen LogP contribution in [0.15, 0.2) is 0 Å². The van der Waals surface area contributed by atoms with Gasteiger partial charge in [0.05, 0.1) is 5.92 Å². The Labute approximate surface area is 92.5 Å². The molecule has 0 heterocycles. The van der Waals surface area contributed by atoms with Crippen LogP contribution in [0.25, 0.3) is 0 Å². The lowest BCUT2D eigenvalue weighted by Crippen LogP contribution is -2.32. The fraction of sp³-hybridized carbons (Fsp3) is 0.917. The van der Waals surface area contributed by atoms with Crippen molar-refractivity contribution in [2.24, 2.45) is 11.8 Å². The highest BCUT2D eigenvalue weighted by molar-refractivity contribution is 5.70. The summed E-state index contributed by atoms with van der Waals surface area (Å²) in [5.74, 6) is 0.0572. The third-order valence-corrected chi connectivity index (χ3v) is 3.52. The Morgan fingerprint density at radius 3 is 2.60 bits per heavy atom. The van der Waals surface area contributed by atoms with Gasteiger partial charge in [0, 0.05) is 6.54 Å². The van der Waals surface area contributed by atoms with E-state index in [1.807, 2.05) is 14.0 Å². The van der Waals surface area contributed by atoms with Crippen LogP contribution in [0.2, 0.25) is 0 Å². The van der Waals surface area contributed by atoms with E-state index in [2.05, 4.69) is 4.90 Å². The van der Waals surface area contributed by atoms with Crippen molar-refractivity contribution in [3.05, 3.63) is 0 Å². The first-order valence-electron chi connectivity index (χ1n) is 6.04. The summed E-state index contributed by atoms with van der Waals surface area (Å²) in [7, 11) is 2.03. The molecule has 88 valence electrons. The maximum Gasteiger partial charge on any atom is 0.307 e. The molecule has 0 aliphatic heterocycles. The van der Waals surface area contributed by atoms with E-state index in [0.29, 0.717) is 6.54 Å². The Kier molecular flexibility index (Phi) is 5.09. The topological polar surface area (TPSA) is 40.5 Å². The molecule has 0 aromatic rings. The van der Waals surface area contributed by atoms with E-state index < -0.39 is 5.97 Å². The van der Waals surface area contributed by atoms with Gasteiger partial charge in [-0.2, -0.15) is 0 Å². The Bertz CT molecular complexity index is 202. The minimum Gasteiger partial charge on any atom is -0.481 e. The molecule has 1 atom stereocenters. The zero-order valence-corrected chi connectivity index (χ0v) is 9.91. The first kappa shape index (κ1) is 12.5. The van der Waals surface area contributed by atoms with Crippen molar-refractivity contribution in [2.75, 3.05) is 20.1 Å². The van der Waals surface area contributed by atoms with Crippen LogP contribution in [0.4, 0.5) is 0 Å². The van der Waals surface area contributed by atoms with Crippen LogP contribution in [0, 0.1) is 11.8 Å². The average Bonchev–Trinajstić information content (AvgIpc) is 2.11. The lowest BCUT2D eigenvalue weighted by atomic mass is 9.83. The smallest absolute Gasteiger partial charge is 0.307 e. The van der Waals surface area contributed by atoms with Crippen LogP contribution in [0.5, 0.6) is 0 Å². The molecule has 1 fully saturated rings. The standard InChI is InChI=1S/C12H23NO2/c1-3-11(12(14)15)9-13(2)8-7-10-5-4-6-10/h10-11H,3-9H2,1-2H3,(H,14,15). The van der Waals surface area contributed by atoms with Gasteiger partial charge in [0.2, 0.25) is 0 Å². The van der Waals surface area contributed by atoms with E-state index in [1.54, 1.807) is 0 Å². The lowest BCUT2D eigenvalue weighted by Gasteiger charge is -2.28. The average molecular weight is 213 g/mol. The van der Waals surface area contributed by atoms with E-state index in [0.717, 1.165) is 18.9 Å². The van der Waals surface area contributed by atoms with Crippen molar-refractivity contribution in [1.82, 2.24) is 4.90 Å². The van der Waals surface area contributed by atoms with Crippen LogP contribution in [-0.4, -0.2) is 36.1 Å². The third-order valence-electron chi connectivity index (χ3n) is 3.52. The Balaban J connectivity index is 2.15. The highest BCUT2D eigenvalue weighted by atomic mass is 16.4. The summed E-state index contributed by atoms with van der Waals surface area (Å²) in [4.78, 5) is 13.0. The van der Waals surface area contributed by atoms with Crippen LogP contribution in [0.1, 0.15) is 39.0 Å². The van der Waals surface area contributed by atoms with Crippen molar-refractivity contribution in [1.29, 1.82) is 0 Å². The quantitative estimate of drug-likeness (QED) is 0.705. The maximum atomic E-state index is 10.8. The van der Waals surface area contributed by atoms with Gasteiger partial charge in [-0.1, -0.05) is 26.2 Å². The minimum atomic E-state index is -0.659. The number of hydrogen-bond donors (Lipinski definition) is 1. The maximum absolute atomic E-state index is 10.8. The monoisotopic (exact) mass is 213 g/mol. The molecule has 1 aliphatic carbocycles. The van der Waals surface area contributed by atoms with Crippen molar-refractivity contribution >= 4 is 5.97 Å². The van der Waals surface area contributed by atoms with Gasteiger partial charge in [-0.25, -0.2) is 0 Å². The predicted octanol–water partition coefficient (Wildman–Crippen LogP) is 2.22. The van der Waals surface area contributed by atoms with Crippen LogP contribution in [-0.2, 0) is 4.79 Å². The first-order chi connectivity index (χ1) is 7.13. The summed E-state index contributed by atoms with van der Waals surface area (Å²) in [6.45, 7) is 3.69. The molecule has 0 saturated heterocycles. The molecule has 1 unspecified atom stereocenters. The van der Waals surface area contributed by atoms with E-state index >= 15 is 0 Å². The molecule has 0 aromatic heterocycles. The third kappa shape index (κ3) is 4.20. The molecule has 0 bridgehead atoms. The molecule has 0 radical (unpaired) electrons. The molecule has 15 heavy (non-hydrogen) atoms. The van der Waals surface area contributed by atoms with Gasteiger partial charge >= 0.3 is 5.97 Å². The van der Waals surface area contributed by atoms with Crippen molar-refractivity contribution < 1.29 is 9.90 Å². The second-order valence-corrected chi connectivity index (χ2v) is 4.79. The molecular weight excluding hydrogens is 190 g/mol. The molecule has 1 N–H and O–H groups in total. The van der Waals surface area contributed by atoms with E-state index in [-0.39, 0.29) is 5.92 Å². The van der Waals surface area contributed by atoms with Crippen LogP contribution < -0.4 is 0 Å². The van der Waals surface area contributed by atoms with Crippen LogP contribution >= 0.6 is 0 Å². The molecule has 3 nitrogen and oxygen atoms in total. The zero-order chi connectivity index (χ0) is 11.3. The molecule has 0 amide bonds. The Morgan fingerprint density at radius 2 is 2.20 bits per heavy atom. The Morgan fingerprint density at radius 1 is 1.53 bits per heavy atom. The molecular formula is C12H23NO2. The van der Waals surface area contributed by atoms with E-state index in [9.17, 15) is 4.79 Å². The highest BCUT2D eigenvalue weighted by Gasteiger charge is 2.20. The van der Waals surface area contributed by atoms with Crippen molar-refractivity contribution in [2.45, 2.75) is 39.0 Å². The molecule has 1 rings (SSSR count). The second-order valence-electron chi connectivity index (χ2n) is 4.79. The first-order valence-corrected chi connectivity index (χ1v) is 6.04. The minimum absolute atomic E-state index is 0.198. The predicted molar refractivity (Wildman–Crippen MR) is 60.9 cm³/mol. The molecule has 3 heteroatoms. The fourth-order valence-corrected chi connectivity index (χ4v) is 2.03. The summed E-state index contributed by atoms with van der Waals surface area (Å²) in [5.41, 5.74) is 0. The number of hydrogen-bond acceptors (Lipinski definition) is 2. The van der Waals surface area contributed by atoms with Crippen molar-refractivity contribution in [3.8, 4) is 0 Å². The summed E-state index contributed by atoms with van der Waals surface area (Å²) >= 11 is 0. The van der Waals surface area contributed by atoms with E-state index in [1.165, 1.54) is 25.7 Å². The number of carbonyl (C=O) groups is 1.